The number of aliphatic hydroxyl groups is 1. The maximum absolute atomic E-state index is 14.6. The summed E-state index contributed by atoms with van der Waals surface area (Å²) >= 11 is 0. The van der Waals surface area contributed by atoms with Crippen molar-refractivity contribution in [3.8, 4) is 0 Å². The number of fused-ring (bicyclic) bond motifs is 1. The number of anilines is 2. The number of aliphatic hydroxyl groups excluding tert-OH is 1. The molecule has 3 unspecified atom stereocenters. The molecule has 1 aromatic carbocycles. The number of nitrogens with zero attached hydrogens (tertiary/aromatic N) is 4. The van der Waals surface area contributed by atoms with Crippen LogP contribution in [-0.2, 0) is 19.1 Å². The van der Waals surface area contributed by atoms with E-state index in [1.807, 2.05) is 38.1 Å². The summed E-state index contributed by atoms with van der Waals surface area (Å²) in [5, 5.41) is 9.93. The molecule has 2 bridgehead atoms. The Morgan fingerprint density at radius 2 is 1.70 bits per heavy atom. The van der Waals surface area contributed by atoms with E-state index in [2.05, 4.69) is 31.9 Å². The first-order chi connectivity index (χ1) is 19.1. The molecule has 0 radical (unpaired) electrons. The smallest absolute Gasteiger partial charge is 0.253 e. The van der Waals surface area contributed by atoms with Crippen molar-refractivity contribution in [2.75, 3.05) is 56.2 Å². The van der Waals surface area contributed by atoms with Gasteiger partial charge in [0.25, 0.3) is 5.91 Å². The topological polar surface area (TPSA) is 93.6 Å². The van der Waals surface area contributed by atoms with Gasteiger partial charge in [0.2, 0.25) is 11.8 Å². The predicted octanol–water partition coefficient (Wildman–Crippen LogP) is 2.70. The van der Waals surface area contributed by atoms with Crippen molar-refractivity contribution < 1.29 is 24.2 Å². The van der Waals surface area contributed by atoms with E-state index in [1.54, 1.807) is 29.0 Å². The standard InChI is InChI=1S/C31H44N4O5/c1-8-16-32(7)27(37)24-25-28(38)35(18-19-36)26(31(25)20-21(5)30(24,6)40-31)29(39)34(17-9-2)23-14-12-22(13-15-23)33(10-3)11-4/h8-9,12-15,21,24-26,36H,1-2,10-11,16-20H2,3-7H3/t21?,24-,25-,26?,30+,31?/m0/s1. The second-order valence-corrected chi connectivity index (χ2v) is 11.4. The van der Waals surface area contributed by atoms with E-state index < -0.39 is 29.1 Å². The fourth-order valence-corrected chi connectivity index (χ4v) is 7.29. The maximum Gasteiger partial charge on any atom is 0.253 e. The van der Waals surface area contributed by atoms with Gasteiger partial charge in [0.15, 0.2) is 0 Å². The molecule has 218 valence electrons. The molecule has 6 atom stereocenters. The Bertz CT molecular complexity index is 1150. The zero-order chi connectivity index (χ0) is 29.4. The molecule has 3 fully saturated rings. The summed E-state index contributed by atoms with van der Waals surface area (Å²) in [7, 11) is 1.69. The van der Waals surface area contributed by atoms with Crippen molar-refractivity contribution in [1.29, 1.82) is 0 Å². The lowest BCUT2D eigenvalue weighted by atomic mass is 9.62. The van der Waals surface area contributed by atoms with Crippen LogP contribution in [0, 0.1) is 17.8 Å². The Morgan fingerprint density at radius 1 is 1.10 bits per heavy atom. The van der Waals surface area contributed by atoms with Crippen molar-refractivity contribution in [2.24, 2.45) is 17.8 Å². The molecule has 1 spiro atoms. The average Bonchev–Trinajstić information content (AvgIpc) is 3.44. The van der Waals surface area contributed by atoms with Crippen molar-refractivity contribution in [3.05, 3.63) is 49.6 Å². The number of rotatable bonds is 12. The monoisotopic (exact) mass is 552 g/mol. The summed E-state index contributed by atoms with van der Waals surface area (Å²) in [5.41, 5.74) is -0.332. The second-order valence-electron chi connectivity index (χ2n) is 11.4. The molecule has 1 N–H and O–H groups in total. The van der Waals surface area contributed by atoms with Crippen molar-refractivity contribution in [1.82, 2.24) is 9.80 Å². The number of hydrogen-bond donors (Lipinski definition) is 1. The number of likely N-dealkylation sites (tertiary alicyclic amines) is 1. The molecule has 9 nitrogen and oxygen atoms in total. The average molecular weight is 553 g/mol. The molecule has 3 amide bonds. The van der Waals surface area contributed by atoms with Gasteiger partial charge in [0.05, 0.1) is 24.0 Å². The largest absolute Gasteiger partial charge is 0.395 e. The molecule has 0 saturated carbocycles. The molecular weight excluding hydrogens is 508 g/mol. The third-order valence-corrected chi connectivity index (χ3v) is 9.30. The number of likely N-dealkylation sites (N-methyl/N-ethyl adjacent to an activating group) is 1. The van der Waals surface area contributed by atoms with Gasteiger partial charge in [-0.15, -0.1) is 13.2 Å². The lowest BCUT2D eigenvalue weighted by molar-refractivity contribution is -0.150. The molecule has 1 aromatic rings. The van der Waals surface area contributed by atoms with E-state index in [0.29, 0.717) is 18.7 Å². The Morgan fingerprint density at radius 3 is 2.25 bits per heavy atom. The van der Waals surface area contributed by atoms with E-state index >= 15 is 0 Å². The van der Waals surface area contributed by atoms with Crippen molar-refractivity contribution in [2.45, 2.75) is 51.4 Å². The predicted molar refractivity (Wildman–Crippen MR) is 156 cm³/mol. The second kappa shape index (κ2) is 11.4. The fraction of sp³-hybridized carbons (Fsp3) is 0.581. The van der Waals surface area contributed by atoms with Gasteiger partial charge in [-0.1, -0.05) is 19.1 Å². The summed E-state index contributed by atoms with van der Waals surface area (Å²) in [6.07, 6.45) is 3.77. The Kier molecular flexibility index (Phi) is 8.47. The van der Waals surface area contributed by atoms with Gasteiger partial charge in [0.1, 0.15) is 11.6 Å². The van der Waals surface area contributed by atoms with Crippen LogP contribution in [0.1, 0.15) is 34.1 Å². The van der Waals surface area contributed by atoms with Gasteiger partial charge in [-0.2, -0.15) is 0 Å². The first-order valence-corrected chi connectivity index (χ1v) is 14.3. The molecule has 3 saturated heterocycles. The van der Waals surface area contributed by atoms with Gasteiger partial charge >= 0.3 is 0 Å². The number of carbonyl (C=O) groups excluding carboxylic acids is 3. The molecular formula is C31H44N4O5. The zero-order valence-electron chi connectivity index (χ0n) is 24.5. The Balaban J connectivity index is 1.78. The summed E-state index contributed by atoms with van der Waals surface area (Å²) in [5.74, 6) is -2.43. The number of hydrogen-bond acceptors (Lipinski definition) is 6. The third kappa shape index (κ3) is 4.43. The van der Waals surface area contributed by atoms with Gasteiger partial charge < -0.3 is 29.4 Å². The molecule has 3 aliphatic rings. The number of benzene rings is 1. The van der Waals surface area contributed by atoms with Crippen LogP contribution in [0.3, 0.4) is 0 Å². The van der Waals surface area contributed by atoms with E-state index in [9.17, 15) is 19.5 Å². The minimum absolute atomic E-state index is 0.0197. The number of amides is 3. The Hall–Kier alpha value is -3.17. The van der Waals surface area contributed by atoms with Gasteiger partial charge in [-0.05, 0) is 57.4 Å². The lowest BCUT2D eigenvalue weighted by Gasteiger charge is -2.38. The maximum atomic E-state index is 14.6. The van der Waals surface area contributed by atoms with E-state index in [0.717, 1.165) is 18.8 Å². The highest BCUT2D eigenvalue weighted by molar-refractivity contribution is 6.05. The first kappa shape index (κ1) is 29.8. The first-order valence-electron chi connectivity index (χ1n) is 14.3. The van der Waals surface area contributed by atoms with Crippen LogP contribution < -0.4 is 9.80 Å². The minimum Gasteiger partial charge on any atom is -0.395 e. The summed E-state index contributed by atoms with van der Waals surface area (Å²) in [6, 6.07) is 6.81. The van der Waals surface area contributed by atoms with Crippen LogP contribution in [0.5, 0.6) is 0 Å². The normalized spacial score (nSPS) is 30.2. The molecule has 4 rings (SSSR count). The number of ether oxygens (including phenoxy) is 1. The summed E-state index contributed by atoms with van der Waals surface area (Å²) in [4.78, 5) is 49.2. The zero-order valence-corrected chi connectivity index (χ0v) is 24.5. The van der Waals surface area contributed by atoms with Crippen LogP contribution in [-0.4, -0.2) is 96.3 Å². The van der Waals surface area contributed by atoms with Crippen LogP contribution in [0.2, 0.25) is 0 Å². The SMILES string of the molecule is C=CCN(C)C(=O)[C@@H]1[C@H]2C(=O)N(CCO)C(C(=O)N(CC=C)c3ccc(N(CC)CC)cc3)C23CC(C)[C@@]1(C)O3. The quantitative estimate of drug-likeness (QED) is 0.401. The summed E-state index contributed by atoms with van der Waals surface area (Å²) < 4.78 is 6.77. The van der Waals surface area contributed by atoms with Crippen LogP contribution in [0.25, 0.3) is 0 Å². The molecule has 3 aliphatic heterocycles. The highest BCUT2D eigenvalue weighted by Gasteiger charge is 2.80. The fourth-order valence-electron chi connectivity index (χ4n) is 7.29. The number of β-amino-alcohol motifs (C(OH)–C–C–N with tert-alkyl or cyclic N) is 1. The third-order valence-electron chi connectivity index (χ3n) is 9.30. The van der Waals surface area contributed by atoms with Gasteiger partial charge in [-0.3, -0.25) is 14.4 Å². The highest BCUT2D eigenvalue weighted by atomic mass is 16.5. The van der Waals surface area contributed by atoms with E-state index in [1.165, 1.54) is 4.90 Å². The molecule has 0 aromatic heterocycles. The van der Waals surface area contributed by atoms with Crippen LogP contribution >= 0.6 is 0 Å². The molecule has 3 heterocycles. The summed E-state index contributed by atoms with van der Waals surface area (Å²) in [6.45, 7) is 17.7. The van der Waals surface area contributed by atoms with Crippen molar-refractivity contribution >= 4 is 29.1 Å². The molecule has 9 heteroatoms. The minimum atomic E-state index is -1.17. The molecule has 40 heavy (non-hydrogen) atoms. The number of carbonyl (C=O) groups is 3. The van der Waals surface area contributed by atoms with Crippen LogP contribution in [0.4, 0.5) is 11.4 Å². The van der Waals surface area contributed by atoms with E-state index in [4.69, 9.17) is 4.74 Å². The van der Waals surface area contributed by atoms with Crippen LogP contribution in [0.15, 0.2) is 49.6 Å². The lowest BCUT2D eigenvalue weighted by Crippen LogP contribution is -2.57. The van der Waals surface area contributed by atoms with E-state index in [-0.39, 0.29) is 43.3 Å². The van der Waals surface area contributed by atoms with Gasteiger partial charge in [-0.25, -0.2) is 0 Å². The van der Waals surface area contributed by atoms with Crippen molar-refractivity contribution in [3.63, 3.8) is 0 Å². The highest BCUT2D eigenvalue weighted by Crippen LogP contribution is 2.65. The molecule has 0 aliphatic carbocycles. The van der Waals surface area contributed by atoms with Gasteiger partial charge in [0, 0.05) is 51.1 Å². The Labute approximate surface area is 238 Å².